The van der Waals surface area contributed by atoms with E-state index in [1.165, 1.54) is 24.3 Å². The number of rotatable bonds is 10. The van der Waals surface area contributed by atoms with Crippen LogP contribution in [0.3, 0.4) is 0 Å². The summed E-state index contributed by atoms with van der Waals surface area (Å²) in [5.41, 5.74) is 5.00. The molecule has 0 bridgehead atoms. The van der Waals surface area contributed by atoms with Crippen molar-refractivity contribution in [2.24, 2.45) is 17.8 Å². The number of hydrogen-bond donors (Lipinski definition) is 2. The summed E-state index contributed by atoms with van der Waals surface area (Å²) in [5, 5.41) is 0. The van der Waals surface area contributed by atoms with Crippen LogP contribution in [0.25, 0.3) is 0 Å². The lowest BCUT2D eigenvalue weighted by atomic mass is 9.75. The number of ether oxygens (including phenoxy) is 2. The van der Waals surface area contributed by atoms with Gasteiger partial charge in [0.05, 0.1) is 11.1 Å². The summed E-state index contributed by atoms with van der Waals surface area (Å²) in [5.74, 6) is 0.385. The topological polar surface area (TPSA) is 112 Å². The van der Waals surface area contributed by atoms with E-state index >= 15 is 0 Å². The third-order valence-corrected chi connectivity index (χ3v) is 6.14. The molecule has 3 rings (SSSR count). The number of carbonyl (C=O) groups is 3. The van der Waals surface area contributed by atoms with Gasteiger partial charge in [-0.2, -0.15) is 0 Å². The Bertz CT molecular complexity index is 1050. The van der Waals surface area contributed by atoms with Gasteiger partial charge >= 0.3 is 17.9 Å². The molecule has 1 aliphatic carbocycles. The monoisotopic (exact) mass is 496 g/mol. The quantitative estimate of drug-likeness (QED) is 0.161. The third-order valence-electron chi connectivity index (χ3n) is 6.14. The van der Waals surface area contributed by atoms with E-state index in [0.29, 0.717) is 40.4 Å². The van der Waals surface area contributed by atoms with Crippen LogP contribution in [-0.4, -0.2) is 24.0 Å². The molecule has 0 heterocycles. The molecule has 0 radical (unpaired) electrons. The molecule has 1 aliphatic rings. The van der Waals surface area contributed by atoms with Crippen LogP contribution < -0.4 is 20.8 Å². The minimum Gasteiger partial charge on any atom is -0.458 e. The first-order valence-electron chi connectivity index (χ1n) is 11.9. The first-order chi connectivity index (χ1) is 17.3. The van der Waals surface area contributed by atoms with Crippen molar-refractivity contribution in [1.29, 1.82) is 0 Å². The highest BCUT2D eigenvalue weighted by Gasteiger charge is 2.33. The number of benzene rings is 2. The molecule has 2 aromatic carbocycles. The maximum atomic E-state index is 12.7. The zero-order chi connectivity index (χ0) is 26.1. The lowest BCUT2D eigenvalue weighted by molar-refractivity contribution is -0.153. The van der Waals surface area contributed by atoms with E-state index in [2.05, 4.69) is 43.4 Å². The Morgan fingerprint density at radius 1 is 0.917 bits per heavy atom. The van der Waals surface area contributed by atoms with Gasteiger partial charge in [0.1, 0.15) is 17.6 Å². The standard InChI is InChI=1S/C27H32N2O7/c1-5-25(30)36-29-28-35-22-13-9-19(10-14-22)26(31)33-21-11-7-20(8-12-21)27(32)34-24-16-18(4)6-15-23(24)17(2)3/h5,7-14,17-18,23-24,28-29H,1,6,15-16H2,2-4H3. The van der Waals surface area contributed by atoms with E-state index in [9.17, 15) is 14.4 Å². The van der Waals surface area contributed by atoms with Gasteiger partial charge in [0.2, 0.25) is 0 Å². The number of nitrogens with one attached hydrogen (secondary N) is 2. The summed E-state index contributed by atoms with van der Waals surface area (Å²) in [6, 6.07) is 12.4. The minimum atomic E-state index is -0.687. The number of esters is 2. The fourth-order valence-corrected chi connectivity index (χ4v) is 4.13. The van der Waals surface area contributed by atoms with Crippen LogP contribution in [0, 0.1) is 17.8 Å². The Labute approximate surface area is 210 Å². The SMILES string of the molecule is C=CC(=O)ONNOc1ccc(C(=O)Oc2ccc(C(=O)OC3CC(C)CCC3C(C)C)cc2)cc1. The molecule has 2 N–H and O–H groups in total. The van der Waals surface area contributed by atoms with E-state index < -0.39 is 11.9 Å². The van der Waals surface area contributed by atoms with Crippen molar-refractivity contribution in [3.05, 3.63) is 72.3 Å². The average Bonchev–Trinajstić information content (AvgIpc) is 2.87. The molecule has 36 heavy (non-hydrogen) atoms. The molecule has 0 saturated heterocycles. The summed E-state index contributed by atoms with van der Waals surface area (Å²) >= 11 is 0. The predicted molar refractivity (Wildman–Crippen MR) is 132 cm³/mol. The van der Waals surface area contributed by atoms with Gasteiger partial charge in [0.25, 0.3) is 0 Å². The molecule has 9 heteroatoms. The van der Waals surface area contributed by atoms with Gasteiger partial charge in [-0.15, -0.1) is 0 Å². The van der Waals surface area contributed by atoms with Crippen molar-refractivity contribution in [1.82, 2.24) is 11.2 Å². The van der Waals surface area contributed by atoms with Crippen LogP contribution in [0.5, 0.6) is 11.5 Å². The second-order valence-corrected chi connectivity index (χ2v) is 9.14. The smallest absolute Gasteiger partial charge is 0.350 e. The van der Waals surface area contributed by atoms with Crippen LogP contribution >= 0.6 is 0 Å². The Morgan fingerprint density at radius 2 is 1.53 bits per heavy atom. The molecule has 3 atom stereocenters. The maximum Gasteiger partial charge on any atom is 0.350 e. The lowest BCUT2D eigenvalue weighted by Gasteiger charge is -2.36. The first kappa shape index (κ1) is 26.9. The number of hydrogen-bond acceptors (Lipinski definition) is 9. The Kier molecular flexibility index (Phi) is 9.61. The van der Waals surface area contributed by atoms with Crippen molar-refractivity contribution in [3.63, 3.8) is 0 Å². The summed E-state index contributed by atoms with van der Waals surface area (Å²) in [6.45, 7) is 9.78. The zero-order valence-electron chi connectivity index (χ0n) is 20.7. The highest BCUT2D eigenvalue weighted by atomic mass is 16.8. The van der Waals surface area contributed by atoms with E-state index in [1.54, 1.807) is 24.3 Å². The van der Waals surface area contributed by atoms with Crippen molar-refractivity contribution >= 4 is 17.9 Å². The summed E-state index contributed by atoms with van der Waals surface area (Å²) < 4.78 is 11.3. The molecular weight excluding hydrogens is 464 g/mol. The maximum absolute atomic E-state index is 12.7. The van der Waals surface area contributed by atoms with Gasteiger partial charge in [0.15, 0.2) is 0 Å². The molecule has 1 fully saturated rings. The Balaban J connectivity index is 1.51. The fraction of sp³-hybridized carbons (Fsp3) is 0.370. The molecule has 0 aliphatic heterocycles. The zero-order valence-corrected chi connectivity index (χ0v) is 20.7. The number of carbonyl (C=O) groups excluding carboxylic acids is 3. The highest BCUT2D eigenvalue weighted by molar-refractivity contribution is 5.92. The normalized spacial score (nSPS) is 19.3. The van der Waals surface area contributed by atoms with Crippen LogP contribution in [-0.2, 0) is 14.4 Å². The van der Waals surface area contributed by atoms with E-state index in [-0.39, 0.29) is 12.1 Å². The predicted octanol–water partition coefficient (Wildman–Crippen LogP) is 4.56. The van der Waals surface area contributed by atoms with Crippen LogP contribution in [0.15, 0.2) is 61.2 Å². The van der Waals surface area contributed by atoms with Crippen molar-refractivity contribution in [2.45, 2.75) is 46.1 Å². The van der Waals surface area contributed by atoms with Crippen molar-refractivity contribution in [2.75, 3.05) is 0 Å². The lowest BCUT2D eigenvalue weighted by Crippen LogP contribution is -2.36. The van der Waals surface area contributed by atoms with E-state index in [4.69, 9.17) is 14.3 Å². The molecule has 1 saturated carbocycles. The van der Waals surface area contributed by atoms with Gasteiger partial charge < -0.3 is 19.1 Å². The van der Waals surface area contributed by atoms with E-state index in [1.807, 2.05) is 0 Å². The van der Waals surface area contributed by atoms with E-state index in [0.717, 1.165) is 25.3 Å². The van der Waals surface area contributed by atoms with Gasteiger partial charge in [-0.05, 0) is 79.1 Å². The molecule has 2 aromatic rings. The fourth-order valence-electron chi connectivity index (χ4n) is 4.13. The summed E-state index contributed by atoms with van der Waals surface area (Å²) in [6.07, 6.45) is 4.00. The van der Waals surface area contributed by atoms with Crippen molar-refractivity contribution < 1.29 is 33.5 Å². The van der Waals surface area contributed by atoms with Crippen LogP contribution in [0.2, 0.25) is 0 Å². The van der Waals surface area contributed by atoms with Crippen LogP contribution in [0.4, 0.5) is 0 Å². The molecule has 192 valence electrons. The van der Waals surface area contributed by atoms with Gasteiger partial charge in [0, 0.05) is 6.08 Å². The molecule has 0 aromatic heterocycles. The molecule has 9 nitrogen and oxygen atoms in total. The summed E-state index contributed by atoms with van der Waals surface area (Å²) in [7, 11) is 0. The number of hydrazine groups is 1. The molecule has 0 amide bonds. The second-order valence-electron chi connectivity index (χ2n) is 9.14. The molecular formula is C27H32N2O7. The Hall–Kier alpha value is -3.69. The minimum absolute atomic E-state index is 0.0844. The molecule has 0 spiro atoms. The van der Waals surface area contributed by atoms with Gasteiger partial charge in [-0.25, -0.2) is 14.4 Å². The first-order valence-corrected chi connectivity index (χ1v) is 11.9. The van der Waals surface area contributed by atoms with Gasteiger partial charge in [-0.3, -0.25) is 0 Å². The molecule has 3 unspecified atom stereocenters. The third kappa shape index (κ3) is 7.66. The highest BCUT2D eigenvalue weighted by Crippen LogP contribution is 2.35. The second kappa shape index (κ2) is 12.9. The van der Waals surface area contributed by atoms with Crippen molar-refractivity contribution in [3.8, 4) is 11.5 Å². The van der Waals surface area contributed by atoms with Crippen LogP contribution in [0.1, 0.15) is 60.7 Å². The summed E-state index contributed by atoms with van der Waals surface area (Å²) in [4.78, 5) is 45.7. The average molecular weight is 497 g/mol. The Morgan fingerprint density at radius 3 is 2.14 bits per heavy atom. The largest absolute Gasteiger partial charge is 0.458 e. The van der Waals surface area contributed by atoms with Gasteiger partial charge in [-0.1, -0.05) is 44.9 Å².